The van der Waals surface area contributed by atoms with Crippen molar-refractivity contribution in [3.63, 3.8) is 0 Å². The standard InChI is InChI=1S/C62H89N5O27P4S3.4Ba.4H/c1-43(68)37-44(62(63)73)9-6-7-23-67-61-48-12-3-2-10-45(48)38-66(50-14-5-4-13-49(50)60(61)64-65-67)59(72)15-8-11-46(69)16-24-79-31-33-81-35-36-82-34-32-80-25-17-47(70)18-30-87-95(74,75)88-40-56-52(20-27-84-56)92-97(77,100)90-42-58-54(22-29-86-58)94-98(78,101)91-41-57-53(21-28-85-57)93-96(76,99)89-39-55-51(71)19-26-83-55;;;;;;;;/h2-5,10,12-14,26-29,44,51-58,71H,6-9,11,15-25,30-42H2,1H3,(H2,63,73)(H,74,75)(H,76,99)(H,77,100)(H,78,101);;;;;;;;/q-4;4*+2;4*-1/t44-,51-,52?,53?,54-,55-,56+,57+,58-,96?,97?,98?;;;;;;;;/m0......../s1. The van der Waals surface area contributed by atoms with Crippen LogP contribution in [-0.4, -0.2) is 399 Å². The van der Waals surface area contributed by atoms with Crippen molar-refractivity contribution in [1.29, 1.82) is 0 Å². The van der Waals surface area contributed by atoms with Gasteiger partial charge in [-0.2, -0.15) is 0 Å². The molecule has 574 valence electrons. The number of hydrogen-bond donors (Lipinski definition) is 6. The van der Waals surface area contributed by atoms with E-state index in [1.807, 2.05) is 53.2 Å². The number of anilines is 1. The van der Waals surface area contributed by atoms with Crippen LogP contribution in [0.3, 0.4) is 0 Å². The molecule has 0 spiro atoms. The minimum absolute atomic E-state index is 0. The van der Waals surface area contributed by atoms with Gasteiger partial charge in [0.05, 0.1) is 153 Å². The van der Waals surface area contributed by atoms with Gasteiger partial charge in [-0.1, -0.05) is 54.1 Å². The van der Waals surface area contributed by atoms with E-state index in [1.165, 1.54) is 33.4 Å². The molecule has 8 rings (SSSR count). The molecule has 2 aromatic carbocycles. The summed E-state index contributed by atoms with van der Waals surface area (Å²) in [4.78, 5) is 108. The van der Waals surface area contributed by atoms with Gasteiger partial charge in [0.2, 0.25) is 11.8 Å². The zero-order chi connectivity index (χ0) is 72.4. The molecule has 0 bridgehead atoms. The molecule has 1 aromatic heterocycles. The summed E-state index contributed by atoms with van der Waals surface area (Å²) in [5.74, 6) is -1.52. The molecule has 3 aromatic rings. The average Bonchev–Trinajstić information content (AvgIpc) is 1.67. The molecule has 6 unspecified atom stereocenters. The number of rotatable bonds is 49. The zero-order valence-corrected chi connectivity index (χ0v) is 82.3. The van der Waals surface area contributed by atoms with Gasteiger partial charge >= 0.3 is 224 Å². The number of carbonyl (C=O) groups is 5. The number of aliphatic hydroxyl groups excluding tert-OH is 1. The molecule has 7 N–H and O–H groups in total. The molecule has 5 aliphatic heterocycles. The van der Waals surface area contributed by atoms with Crippen LogP contribution in [0.1, 0.15) is 108 Å². The summed E-state index contributed by atoms with van der Waals surface area (Å²) >= 11 is 15.6. The minimum Gasteiger partial charge on any atom is -1.00 e. The number of unbranched alkanes of at least 4 members (excludes halogenated alkanes) is 1. The van der Waals surface area contributed by atoms with E-state index in [2.05, 4.69) is 10.3 Å². The fourth-order valence-corrected chi connectivity index (χ4v) is 16.2. The van der Waals surface area contributed by atoms with E-state index in [4.69, 9.17) is 115 Å². The molecule has 2 amide bonds. The largest absolute Gasteiger partial charge is 2.00 e. The summed E-state index contributed by atoms with van der Waals surface area (Å²) in [5, 5.41) is 19.1. The van der Waals surface area contributed by atoms with Crippen LogP contribution >= 0.6 is 28.0 Å². The minimum atomic E-state index is -4.69. The Hall–Kier alpha value is 3.16. The number of ketones is 3. The molecule has 13 atom stereocenters. The van der Waals surface area contributed by atoms with Gasteiger partial charge in [0.15, 0.2) is 0 Å². The van der Waals surface area contributed by atoms with Crippen molar-refractivity contribution in [3.8, 4) is 22.5 Å². The Morgan fingerprint density at radius 1 is 0.590 bits per heavy atom. The van der Waals surface area contributed by atoms with Crippen LogP contribution in [0.25, 0.3) is 22.5 Å². The number of benzene rings is 2. The SMILES string of the molecule is CC(=O)C[C@H](CCCCn1nnc2c1-c1ccccc1CN(C(=O)CCCC(=O)CCOCCOCCOCCOCCC(=O)CCOP(=O)(O)OC[C@H]1O[CH-]CC1OP(O)(=S)OC[C@@H]1O[CH-]C[C@@H]1OP(O)(=S)OC[C@H]1O[CH-]CC1OP(O)(=S)OC[C@@H]1O[CH-]C[C@@H]1O)c1ccccc1-2)C(N)=O.[Ba+2].[Ba+2].[Ba+2].[Ba+2].[H-].[H-].[H-].[H-]. The molecule has 0 saturated carbocycles. The first-order valence-electron chi connectivity index (χ1n) is 33.0. The van der Waals surface area contributed by atoms with E-state index in [0.717, 1.165) is 22.4 Å². The first-order valence-corrected chi connectivity index (χ1v) is 42.3. The fraction of sp³-hybridized carbons (Fsp3) is 0.629. The Kier molecular flexibility index (Phi) is 49.9. The summed E-state index contributed by atoms with van der Waals surface area (Å²) < 4.78 is 102. The van der Waals surface area contributed by atoms with Crippen molar-refractivity contribution < 1.29 is 133 Å². The van der Waals surface area contributed by atoms with Gasteiger partial charge in [-0.15, -0.1) is 30.8 Å². The van der Waals surface area contributed by atoms with Crippen molar-refractivity contribution in [1.82, 2.24) is 15.0 Å². The van der Waals surface area contributed by atoms with Gasteiger partial charge in [0.25, 0.3) is 0 Å². The van der Waals surface area contributed by atoms with E-state index in [1.54, 1.807) is 4.90 Å². The number of Topliss-reactive ketones (excluding diaryl/α,β-unsaturated/α-hetero) is 3. The van der Waals surface area contributed by atoms with Crippen molar-refractivity contribution >= 4 is 294 Å². The first kappa shape index (κ1) is 101. The quantitative estimate of drug-likeness (QED) is 0.0180. The topological polar surface area (TPSA) is 411 Å². The van der Waals surface area contributed by atoms with Gasteiger partial charge in [0, 0.05) is 62.1 Å². The van der Waals surface area contributed by atoms with Crippen LogP contribution in [0.5, 0.6) is 0 Å². The molecule has 4 saturated heterocycles. The molecule has 0 aliphatic carbocycles. The van der Waals surface area contributed by atoms with Crippen LogP contribution in [0.2, 0.25) is 0 Å². The maximum absolute atomic E-state index is 14.0. The number of carbonyl (C=O) groups excluding carboxylic acids is 5. The van der Waals surface area contributed by atoms with Crippen molar-refractivity contribution in [2.45, 2.75) is 159 Å². The Labute approximate surface area is 793 Å². The average molecular weight is 2110 g/mol. The summed E-state index contributed by atoms with van der Waals surface area (Å²) in [5.41, 5.74) is 10.3. The molecular weight excluding hydrogens is 2020 g/mol. The number of aromatic nitrogens is 3. The Bertz CT molecular complexity index is 3430. The number of phosphoric acid groups is 1. The summed E-state index contributed by atoms with van der Waals surface area (Å²) in [6.07, 6.45) is -3.64. The number of ether oxygens (including phenoxy) is 8. The Balaban J connectivity index is 0.0000146. The number of para-hydroxylation sites is 1. The molecule has 5 aliphatic rings. The number of aryl methyl sites for hydroxylation is 1. The van der Waals surface area contributed by atoms with E-state index in [-0.39, 0.29) is 355 Å². The third kappa shape index (κ3) is 35.7. The van der Waals surface area contributed by atoms with Crippen LogP contribution < -0.4 is 10.6 Å². The number of primary amides is 1. The summed E-state index contributed by atoms with van der Waals surface area (Å²) in [6, 6.07) is 15.4. The van der Waals surface area contributed by atoms with Crippen LogP contribution in [0.15, 0.2) is 48.5 Å². The maximum Gasteiger partial charge on any atom is 2.00 e. The monoisotopic (exact) mass is 2110 g/mol. The number of hydrogen-bond acceptors (Lipinski definition) is 28. The molecular formula is C62H93Ba4N5O27P4S3. The van der Waals surface area contributed by atoms with Crippen LogP contribution in [-0.2, 0) is 151 Å². The van der Waals surface area contributed by atoms with Gasteiger partial charge in [0.1, 0.15) is 23.0 Å². The fourth-order valence-electron chi connectivity index (χ4n) is 11.1. The molecule has 32 nitrogen and oxygen atoms in total. The molecule has 0 radical (unpaired) electrons. The number of aliphatic hydroxyl groups is 1. The number of amides is 2. The smallest absolute Gasteiger partial charge is 1.00 e. The van der Waals surface area contributed by atoms with Crippen molar-refractivity contribution in [3.05, 3.63) is 80.5 Å². The van der Waals surface area contributed by atoms with E-state index >= 15 is 0 Å². The van der Waals surface area contributed by atoms with Crippen LogP contribution in [0.4, 0.5) is 5.69 Å². The number of fused-ring (bicyclic) bond motifs is 5. The molecule has 6 heterocycles. The Morgan fingerprint density at radius 2 is 1.05 bits per heavy atom. The van der Waals surface area contributed by atoms with E-state index < -0.39 is 102 Å². The first-order chi connectivity index (χ1) is 48.3. The second kappa shape index (κ2) is 52.2. The maximum atomic E-state index is 14.0. The molecule has 4 fully saturated rings. The second-order valence-electron chi connectivity index (χ2n) is 24.0. The third-order valence-electron chi connectivity index (χ3n) is 16.3. The van der Waals surface area contributed by atoms with E-state index in [0.29, 0.717) is 56.6 Å². The number of nitrogens with zero attached hydrogens (tertiary/aromatic N) is 4. The van der Waals surface area contributed by atoms with Crippen LogP contribution in [0, 0.1) is 32.3 Å². The second-order valence-corrected chi connectivity index (χ2v) is 33.8. The molecule has 43 heteroatoms. The predicted molar refractivity (Wildman–Crippen MR) is 397 cm³/mol. The van der Waals surface area contributed by atoms with Crippen molar-refractivity contribution in [2.24, 2.45) is 11.7 Å². The summed E-state index contributed by atoms with van der Waals surface area (Å²) in [7, 11) is -4.69. The normalized spacial score (nSPS) is 23.0. The van der Waals surface area contributed by atoms with Gasteiger partial charge in [-0.3, -0.25) is 28.2 Å². The van der Waals surface area contributed by atoms with Gasteiger partial charge in [-0.05, 0) is 73.2 Å². The Morgan fingerprint density at radius 3 is 1.56 bits per heavy atom. The van der Waals surface area contributed by atoms with Gasteiger partial charge < -0.3 is 111 Å². The van der Waals surface area contributed by atoms with E-state index in [9.17, 15) is 53.2 Å². The molecule has 105 heavy (non-hydrogen) atoms. The van der Waals surface area contributed by atoms with Crippen molar-refractivity contribution in [2.75, 3.05) is 90.8 Å². The zero-order valence-electron chi connectivity index (χ0n) is 62.6. The summed E-state index contributed by atoms with van der Waals surface area (Å²) in [6.45, 7) is -4.05. The predicted octanol–water partition coefficient (Wildman–Crippen LogP) is 5.33. The van der Waals surface area contributed by atoms with Gasteiger partial charge in [-0.25, -0.2) is 35.7 Å². The third-order valence-corrected chi connectivity index (χ3v) is 22.1. The number of nitrogens with two attached hydrogens (primary N) is 1. The number of phosphoric ester groups is 1.